The van der Waals surface area contributed by atoms with E-state index in [2.05, 4.69) is 31.3 Å². The molecule has 0 saturated heterocycles. The first-order valence-electron chi connectivity index (χ1n) is 4.05. The molecule has 0 aromatic carbocycles. The van der Waals surface area contributed by atoms with Crippen molar-refractivity contribution < 1.29 is 0 Å². The van der Waals surface area contributed by atoms with E-state index in [0.29, 0.717) is 5.95 Å². The number of nitrogens with one attached hydrogen (secondary N) is 1. The normalized spacial score (nSPS) is 10.6. The standard InChI is InChI=1S/C8H9BrN4/c1-2-10-8-11-7-5-6(9)3-4-13(7)12-8/h3-5H,2H2,1H3,(H,10,12). The number of fused-ring (bicyclic) bond motifs is 1. The highest BCUT2D eigenvalue weighted by molar-refractivity contribution is 9.10. The molecule has 0 unspecified atom stereocenters. The fourth-order valence-electron chi connectivity index (χ4n) is 1.09. The molecular formula is C8H9BrN4. The molecule has 2 heterocycles. The average Bonchev–Trinajstić information content (AvgIpc) is 2.46. The largest absolute Gasteiger partial charge is 0.353 e. The molecular weight excluding hydrogens is 232 g/mol. The van der Waals surface area contributed by atoms with E-state index in [1.807, 2.05) is 25.3 Å². The number of hydrogen-bond donors (Lipinski definition) is 1. The van der Waals surface area contributed by atoms with Gasteiger partial charge in [0.25, 0.3) is 0 Å². The van der Waals surface area contributed by atoms with Crippen LogP contribution < -0.4 is 5.32 Å². The van der Waals surface area contributed by atoms with Crippen LogP contribution in [0.15, 0.2) is 22.8 Å². The van der Waals surface area contributed by atoms with Crippen molar-refractivity contribution in [2.24, 2.45) is 0 Å². The molecule has 5 heteroatoms. The van der Waals surface area contributed by atoms with Crippen LogP contribution in [0.5, 0.6) is 0 Å². The molecule has 4 nitrogen and oxygen atoms in total. The number of pyridine rings is 1. The smallest absolute Gasteiger partial charge is 0.243 e. The minimum absolute atomic E-state index is 0.667. The fourth-order valence-corrected chi connectivity index (χ4v) is 1.41. The van der Waals surface area contributed by atoms with Crippen LogP contribution >= 0.6 is 15.9 Å². The molecule has 0 fully saturated rings. The molecule has 0 saturated carbocycles. The topological polar surface area (TPSA) is 42.2 Å². The molecule has 2 aromatic heterocycles. The molecule has 1 N–H and O–H groups in total. The molecule has 13 heavy (non-hydrogen) atoms. The van der Waals surface area contributed by atoms with Gasteiger partial charge in [0.15, 0.2) is 5.65 Å². The van der Waals surface area contributed by atoms with Gasteiger partial charge in [0.05, 0.1) is 0 Å². The maximum absolute atomic E-state index is 4.27. The van der Waals surface area contributed by atoms with Gasteiger partial charge >= 0.3 is 0 Å². The predicted octanol–water partition coefficient (Wildman–Crippen LogP) is 1.92. The number of halogens is 1. The third-order valence-corrected chi connectivity index (χ3v) is 2.13. The Labute approximate surface area is 84.1 Å². The summed E-state index contributed by atoms with van der Waals surface area (Å²) in [7, 11) is 0. The van der Waals surface area contributed by atoms with E-state index in [4.69, 9.17) is 0 Å². The quantitative estimate of drug-likeness (QED) is 0.873. The van der Waals surface area contributed by atoms with Crippen molar-refractivity contribution in [3.63, 3.8) is 0 Å². The molecule has 2 aromatic rings. The van der Waals surface area contributed by atoms with Crippen LogP contribution in [0.2, 0.25) is 0 Å². The summed E-state index contributed by atoms with van der Waals surface area (Å²) < 4.78 is 2.75. The molecule has 68 valence electrons. The zero-order valence-corrected chi connectivity index (χ0v) is 8.74. The minimum atomic E-state index is 0.667. The summed E-state index contributed by atoms with van der Waals surface area (Å²) in [4.78, 5) is 4.27. The Morgan fingerprint density at radius 1 is 1.62 bits per heavy atom. The first-order valence-corrected chi connectivity index (χ1v) is 4.84. The van der Waals surface area contributed by atoms with Crippen molar-refractivity contribution in [3.05, 3.63) is 22.8 Å². The van der Waals surface area contributed by atoms with Gasteiger partial charge in [-0.05, 0) is 19.1 Å². The van der Waals surface area contributed by atoms with Crippen LogP contribution in [0.1, 0.15) is 6.92 Å². The molecule has 0 spiro atoms. The predicted molar refractivity (Wildman–Crippen MR) is 54.9 cm³/mol. The van der Waals surface area contributed by atoms with Gasteiger partial charge in [-0.3, -0.25) is 0 Å². The second kappa shape index (κ2) is 3.33. The zero-order valence-electron chi connectivity index (χ0n) is 7.16. The summed E-state index contributed by atoms with van der Waals surface area (Å²) in [6, 6.07) is 3.85. The number of aromatic nitrogens is 3. The summed E-state index contributed by atoms with van der Waals surface area (Å²) in [5.41, 5.74) is 0.838. The Morgan fingerprint density at radius 2 is 2.46 bits per heavy atom. The van der Waals surface area contributed by atoms with Crippen LogP contribution in [0, 0.1) is 0 Å². The maximum Gasteiger partial charge on any atom is 0.243 e. The molecule has 0 aliphatic rings. The molecule has 0 atom stereocenters. The van der Waals surface area contributed by atoms with Crippen molar-refractivity contribution in [2.45, 2.75) is 6.92 Å². The summed E-state index contributed by atoms with van der Waals surface area (Å²) in [6.45, 7) is 2.85. The maximum atomic E-state index is 4.27. The second-order valence-electron chi connectivity index (χ2n) is 2.61. The number of anilines is 1. The minimum Gasteiger partial charge on any atom is -0.353 e. The van der Waals surface area contributed by atoms with E-state index in [1.165, 1.54) is 0 Å². The highest BCUT2D eigenvalue weighted by atomic mass is 79.9. The zero-order chi connectivity index (χ0) is 9.26. The number of rotatable bonds is 2. The molecule has 2 rings (SSSR count). The van der Waals surface area contributed by atoms with E-state index in [1.54, 1.807) is 4.52 Å². The van der Waals surface area contributed by atoms with Crippen molar-refractivity contribution in [1.82, 2.24) is 14.6 Å². The Morgan fingerprint density at radius 3 is 3.23 bits per heavy atom. The summed E-state index contributed by atoms with van der Waals surface area (Å²) in [5, 5.41) is 7.28. The molecule has 0 aliphatic carbocycles. The number of nitrogens with zero attached hydrogens (tertiary/aromatic N) is 3. The van der Waals surface area contributed by atoms with Crippen LogP contribution in [-0.4, -0.2) is 21.1 Å². The van der Waals surface area contributed by atoms with Crippen molar-refractivity contribution >= 4 is 27.5 Å². The Hall–Kier alpha value is -1.10. The highest BCUT2D eigenvalue weighted by Crippen LogP contribution is 2.12. The Kier molecular flexibility index (Phi) is 2.18. The highest BCUT2D eigenvalue weighted by Gasteiger charge is 2.01. The van der Waals surface area contributed by atoms with Gasteiger partial charge in [-0.1, -0.05) is 15.9 Å². The lowest BCUT2D eigenvalue weighted by atomic mass is 10.5. The molecule has 0 radical (unpaired) electrons. The lowest BCUT2D eigenvalue weighted by Gasteiger charge is -1.90. The second-order valence-corrected chi connectivity index (χ2v) is 3.53. The van der Waals surface area contributed by atoms with E-state index < -0.39 is 0 Å². The van der Waals surface area contributed by atoms with Gasteiger partial charge in [0, 0.05) is 17.2 Å². The monoisotopic (exact) mass is 240 g/mol. The van der Waals surface area contributed by atoms with Gasteiger partial charge < -0.3 is 5.32 Å². The van der Waals surface area contributed by atoms with Crippen LogP contribution in [0.3, 0.4) is 0 Å². The van der Waals surface area contributed by atoms with Gasteiger partial charge in [0.2, 0.25) is 5.95 Å². The molecule has 0 amide bonds. The third-order valence-electron chi connectivity index (χ3n) is 1.63. The molecule has 0 bridgehead atoms. The van der Waals surface area contributed by atoms with Crippen LogP contribution in [0.4, 0.5) is 5.95 Å². The average molecular weight is 241 g/mol. The van der Waals surface area contributed by atoms with Crippen molar-refractivity contribution in [3.8, 4) is 0 Å². The Balaban J connectivity index is 2.49. The fraction of sp³-hybridized carbons (Fsp3) is 0.250. The van der Waals surface area contributed by atoms with Gasteiger partial charge in [-0.15, -0.1) is 5.10 Å². The first-order chi connectivity index (χ1) is 6.29. The molecule has 0 aliphatic heterocycles. The van der Waals surface area contributed by atoms with E-state index in [-0.39, 0.29) is 0 Å². The van der Waals surface area contributed by atoms with Crippen LogP contribution in [0.25, 0.3) is 5.65 Å². The third kappa shape index (κ3) is 1.65. The van der Waals surface area contributed by atoms with E-state index in [0.717, 1.165) is 16.7 Å². The van der Waals surface area contributed by atoms with Gasteiger partial charge in [0.1, 0.15) is 0 Å². The lowest BCUT2D eigenvalue weighted by molar-refractivity contribution is 0.954. The van der Waals surface area contributed by atoms with Gasteiger partial charge in [-0.2, -0.15) is 4.98 Å². The van der Waals surface area contributed by atoms with Crippen LogP contribution in [-0.2, 0) is 0 Å². The van der Waals surface area contributed by atoms with E-state index >= 15 is 0 Å². The summed E-state index contributed by atoms with van der Waals surface area (Å²) in [6.07, 6.45) is 1.87. The van der Waals surface area contributed by atoms with Crippen molar-refractivity contribution in [1.29, 1.82) is 0 Å². The Bertz CT molecular complexity index is 423. The lowest BCUT2D eigenvalue weighted by Crippen LogP contribution is -1.98. The van der Waals surface area contributed by atoms with E-state index in [9.17, 15) is 0 Å². The van der Waals surface area contributed by atoms with Crippen molar-refractivity contribution in [2.75, 3.05) is 11.9 Å². The van der Waals surface area contributed by atoms with Gasteiger partial charge in [-0.25, -0.2) is 4.52 Å². The SMILES string of the molecule is CCNc1nc2cc(Br)ccn2n1. The first kappa shape index (κ1) is 8.50. The summed E-state index contributed by atoms with van der Waals surface area (Å²) in [5.74, 6) is 0.667. The number of hydrogen-bond acceptors (Lipinski definition) is 3. The summed E-state index contributed by atoms with van der Waals surface area (Å²) >= 11 is 3.38.